The highest BCUT2D eigenvalue weighted by Gasteiger charge is 2.19. The molecule has 130 valence electrons. The van der Waals surface area contributed by atoms with Gasteiger partial charge in [-0.15, -0.1) is 15.3 Å². The Labute approximate surface area is 144 Å². The summed E-state index contributed by atoms with van der Waals surface area (Å²) in [6, 6.07) is 11.3. The Morgan fingerprint density at radius 3 is 3.08 bits per heavy atom. The number of fused-ring (bicyclic) bond motifs is 2. The predicted molar refractivity (Wildman–Crippen MR) is 90.1 cm³/mol. The Kier molecular flexibility index (Phi) is 4.60. The van der Waals surface area contributed by atoms with E-state index in [-0.39, 0.29) is 6.10 Å². The monoisotopic (exact) mass is 341 g/mol. The lowest BCUT2D eigenvalue weighted by Gasteiger charge is -2.26. The zero-order valence-electron chi connectivity index (χ0n) is 13.7. The normalized spacial score (nSPS) is 16.1. The van der Waals surface area contributed by atoms with Gasteiger partial charge in [0.2, 0.25) is 5.88 Å². The molecule has 1 unspecified atom stereocenters. The third-order valence-electron chi connectivity index (χ3n) is 3.82. The Hall–Kier alpha value is -2.87. The quantitative estimate of drug-likeness (QED) is 0.649. The molecule has 0 amide bonds. The van der Waals surface area contributed by atoms with Gasteiger partial charge < -0.3 is 19.5 Å². The van der Waals surface area contributed by atoms with Crippen LogP contribution in [0.5, 0.6) is 17.4 Å². The predicted octanol–water partition coefficient (Wildman–Crippen LogP) is 1.32. The van der Waals surface area contributed by atoms with Gasteiger partial charge >= 0.3 is 0 Å². The summed E-state index contributed by atoms with van der Waals surface area (Å²) in [6.07, 6.45) is 2.44. The fraction of sp³-hybridized carbons (Fsp3) is 0.353. The summed E-state index contributed by atoms with van der Waals surface area (Å²) in [7, 11) is 0. The number of hydrogen-bond donors (Lipinski definition) is 1. The van der Waals surface area contributed by atoms with E-state index in [0.717, 1.165) is 31.0 Å². The molecule has 0 bridgehead atoms. The summed E-state index contributed by atoms with van der Waals surface area (Å²) in [5.74, 6) is 2.18. The van der Waals surface area contributed by atoms with E-state index in [0.29, 0.717) is 24.7 Å². The molecule has 3 heterocycles. The third-order valence-corrected chi connectivity index (χ3v) is 3.82. The zero-order valence-corrected chi connectivity index (χ0v) is 13.7. The van der Waals surface area contributed by atoms with E-state index in [1.807, 2.05) is 30.3 Å². The maximum Gasteiger partial charge on any atom is 0.231 e. The van der Waals surface area contributed by atoms with Crippen molar-refractivity contribution in [2.45, 2.75) is 12.5 Å². The van der Waals surface area contributed by atoms with Crippen molar-refractivity contribution in [2.24, 2.45) is 0 Å². The summed E-state index contributed by atoms with van der Waals surface area (Å²) < 4.78 is 18.8. The molecule has 2 aromatic heterocycles. The molecule has 8 heteroatoms. The molecule has 0 saturated carbocycles. The van der Waals surface area contributed by atoms with E-state index in [1.165, 1.54) is 0 Å². The van der Waals surface area contributed by atoms with E-state index < -0.39 is 0 Å². The number of para-hydroxylation sites is 2. The highest BCUT2D eigenvalue weighted by atomic mass is 16.6. The van der Waals surface area contributed by atoms with Crippen molar-refractivity contribution in [3.8, 4) is 17.4 Å². The van der Waals surface area contributed by atoms with Crippen molar-refractivity contribution in [3.05, 3.63) is 42.7 Å². The van der Waals surface area contributed by atoms with Crippen LogP contribution < -0.4 is 19.5 Å². The van der Waals surface area contributed by atoms with Gasteiger partial charge in [0.1, 0.15) is 19.0 Å². The van der Waals surface area contributed by atoms with Crippen molar-refractivity contribution in [1.82, 2.24) is 25.1 Å². The molecule has 1 aliphatic rings. The van der Waals surface area contributed by atoms with Crippen LogP contribution >= 0.6 is 0 Å². The topological polar surface area (TPSA) is 82.8 Å². The van der Waals surface area contributed by atoms with E-state index >= 15 is 0 Å². The average molecular weight is 341 g/mol. The molecule has 1 atom stereocenters. The van der Waals surface area contributed by atoms with Gasteiger partial charge in [-0.25, -0.2) is 0 Å². The second kappa shape index (κ2) is 7.35. The first kappa shape index (κ1) is 15.6. The fourth-order valence-electron chi connectivity index (χ4n) is 2.59. The maximum absolute atomic E-state index is 5.90. The van der Waals surface area contributed by atoms with Gasteiger partial charge in [0.05, 0.1) is 6.61 Å². The first-order chi connectivity index (χ1) is 12.4. The summed E-state index contributed by atoms with van der Waals surface area (Å²) >= 11 is 0. The number of nitrogens with zero attached hydrogens (tertiary/aromatic N) is 4. The van der Waals surface area contributed by atoms with Crippen LogP contribution in [0.1, 0.15) is 6.42 Å². The van der Waals surface area contributed by atoms with Crippen LogP contribution in [-0.4, -0.2) is 52.2 Å². The first-order valence-corrected chi connectivity index (χ1v) is 8.27. The fourth-order valence-corrected chi connectivity index (χ4v) is 2.59. The summed E-state index contributed by atoms with van der Waals surface area (Å²) in [5, 5.41) is 15.3. The van der Waals surface area contributed by atoms with Crippen molar-refractivity contribution in [2.75, 3.05) is 26.3 Å². The molecule has 1 aliphatic heterocycles. The molecule has 4 rings (SSSR count). The smallest absolute Gasteiger partial charge is 0.231 e. The van der Waals surface area contributed by atoms with Gasteiger partial charge in [-0.1, -0.05) is 12.1 Å². The number of nitrogens with one attached hydrogen (secondary N) is 1. The molecule has 0 fully saturated rings. The maximum atomic E-state index is 5.90. The van der Waals surface area contributed by atoms with E-state index in [1.54, 1.807) is 16.9 Å². The SMILES string of the molecule is c1ccc2c(c1)OCC(CNCCCOc1ccc3nncn3n1)O2. The standard InChI is InChI=1S/C17H19N5O3/c1-2-5-15-14(4-1)24-11-13(25-15)10-18-8-3-9-23-17-7-6-16-20-19-12-22(16)21-17/h1-2,4-7,12-13,18H,3,8-11H2. The summed E-state index contributed by atoms with van der Waals surface area (Å²) in [4.78, 5) is 0. The van der Waals surface area contributed by atoms with Crippen LogP contribution in [-0.2, 0) is 0 Å². The van der Waals surface area contributed by atoms with Crippen molar-refractivity contribution in [3.63, 3.8) is 0 Å². The largest absolute Gasteiger partial charge is 0.486 e. The minimum absolute atomic E-state index is 0.0219. The molecule has 8 nitrogen and oxygen atoms in total. The molecule has 25 heavy (non-hydrogen) atoms. The van der Waals surface area contributed by atoms with Gasteiger partial charge in [0.15, 0.2) is 17.1 Å². The van der Waals surface area contributed by atoms with Gasteiger partial charge in [-0.05, 0) is 31.2 Å². The Morgan fingerprint density at radius 1 is 1.20 bits per heavy atom. The first-order valence-electron chi connectivity index (χ1n) is 8.27. The average Bonchev–Trinajstić information content (AvgIpc) is 3.12. The minimum atomic E-state index is 0.0219. The van der Waals surface area contributed by atoms with Gasteiger partial charge in [0, 0.05) is 12.6 Å². The summed E-state index contributed by atoms with van der Waals surface area (Å²) in [6.45, 7) is 2.71. The van der Waals surface area contributed by atoms with E-state index in [4.69, 9.17) is 14.2 Å². The van der Waals surface area contributed by atoms with Crippen molar-refractivity contribution >= 4 is 5.65 Å². The second-order valence-corrected chi connectivity index (χ2v) is 5.71. The number of benzene rings is 1. The zero-order chi connectivity index (χ0) is 16.9. The van der Waals surface area contributed by atoms with E-state index in [9.17, 15) is 0 Å². The van der Waals surface area contributed by atoms with Crippen molar-refractivity contribution in [1.29, 1.82) is 0 Å². The molecule has 1 N–H and O–H groups in total. The van der Waals surface area contributed by atoms with Crippen LogP contribution in [0.4, 0.5) is 0 Å². The van der Waals surface area contributed by atoms with Gasteiger partial charge in [0.25, 0.3) is 0 Å². The highest BCUT2D eigenvalue weighted by Crippen LogP contribution is 2.30. The lowest BCUT2D eigenvalue weighted by molar-refractivity contribution is 0.0902. The Bertz CT molecular complexity index is 838. The minimum Gasteiger partial charge on any atom is -0.486 e. The van der Waals surface area contributed by atoms with Crippen LogP contribution in [0.15, 0.2) is 42.7 Å². The number of hydrogen-bond acceptors (Lipinski definition) is 7. The Balaban J connectivity index is 1.14. The van der Waals surface area contributed by atoms with Gasteiger partial charge in [-0.2, -0.15) is 4.52 Å². The molecule has 0 aliphatic carbocycles. The highest BCUT2D eigenvalue weighted by molar-refractivity contribution is 5.40. The second-order valence-electron chi connectivity index (χ2n) is 5.71. The van der Waals surface area contributed by atoms with E-state index in [2.05, 4.69) is 20.6 Å². The molecular weight excluding hydrogens is 322 g/mol. The lowest BCUT2D eigenvalue weighted by Crippen LogP contribution is -2.39. The Morgan fingerprint density at radius 2 is 2.12 bits per heavy atom. The van der Waals surface area contributed by atoms with Crippen LogP contribution in [0.2, 0.25) is 0 Å². The van der Waals surface area contributed by atoms with Crippen LogP contribution in [0.3, 0.4) is 0 Å². The number of aromatic nitrogens is 4. The molecule has 0 spiro atoms. The molecule has 1 aromatic carbocycles. The van der Waals surface area contributed by atoms with Gasteiger partial charge in [-0.3, -0.25) is 0 Å². The molecule has 0 radical (unpaired) electrons. The molecule has 3 aromatic rings. The number of ether oxygens (including phenoxy) is 3. The third kappa shape index (κ3) is 3.80. The van der Waals surface area contributed by atoms with Crippen LogP contribution in [0.25, 0.3) is 5.65 Å². The lowest BCUT2D eigenvalue weighted by atomic mass is 10.2. The summed E-state index contributed by atoms with van der Waals surface area (Å²) in [5.41, 5.74) is 0.699. The van der Waals surface area contributed by atoms with Crippen LogP contribution in [0, 0.1) is 0 Å². The molecule has 0 saturated heterocycles. The van der Waals surface area contributed by atoms with Crippen molar-refractivity contribution < 1.29 is 14.2 Å². The molecular formula is C17H19N5O3. The number of rotatable bonds is 7.